The Labute approximate surface area is 125 Å². The summed E-state index contributed by atoms with van der Waals surface area (Å²) in [6.45, 7) is 6.25. The molecule has 0 radical (unpaired) electrons. The number of nitrogens with one attached hydrogen (secondary N) is 1. The number of hydrogen-bond acceptors (Lipinski definition) is 4. The Balaban J connectivity index is 1.95. The summed E-state index contributed by atoms with van der Waals surface area (Å²) in [4.78, 5) is 11.6. The maximum atomic E-state index is 11.6. The Morgan fingerprint density at radius 2 is 2.14 bits per heavy atom. The summed E-state index contributed by atoms with van der Waals surface area (Å²) in [6, 6.07) is 5.28. The third-order valence-corrected chi connectivity index (χ3v) is 4.48. The third-order valence-electron chi connectivity index (χ3n) is 4.48. The minimum atomic E-state index is -0.647. The van der Waals surface area contributed by atoms with Crippen LogP contribution in [0.3, 0.4) is 0 Å². The van der Waals surface area contributed by atoms with Gasteiger partial charge in [0.05, 0.1) is 6.04 Å². The molecule has 4 heteroatoms. The summed E-state index contributed by atoms with van der Waals surface area (Å²) in [5.41, 5.74) is 0.893. The van der Waals surface area contributed by atoms with E-state index in [-0.39, 0.29) is 11.8 Å². The van der Waals surface area contributed by atoms with Crippen LogP contribution in [0.25, 0.3) is 0 Å². The molecule has 1 heterocycles. The van der Waals surface area contributed by atoms with Crippen LogP contribution in [0, 0.1) is 5.92 Å². The SMILES string of the molecule is CC(=O)c1ccc2c(c1)C(NCC1CC1)C(O)C(C)(C)O2. The van der Waals surface area contributed by atoms with Crippen molar-refractivity contribution in [3.8, 4) is 5.75 Å². The molecule has 1 saturated carbocycles. The van der Waals surface area contributed by atoms with Crippen LogP contribution < -0.4 is 10.1 Å². The largest absolute Gasteiger partial charge is 0.485 e. The summed E-state index contributed by atoms with van der Waals surface area (Å²) in [5, 5.41) is 14.1. The number of Topliss-reactive ketones (excluding diaryl/α,β-unsaturated/α-hetero) is 1. The van der Waals surface area contributed by atoms with E-state index in [9.17, 15) is 9.90 Å². The lowest BCUT2D eigenvalue weighted by Crippen LogP contribution is -2.52. The van der Waals surface area contributed by atoms with Crippen molar-refractivity contribution in [2.75, 3.05) is 6.54 Å². The number of ketones is 1. The van der Waals surface area contributed by atoms with Crippen molar-refractivity contribution in [2.45, 2.75) is 51.4 Å². The number of carbonyl (C=O) groups is 1. The van der Waals surface area contributed by atoms with Crippen molar-refractivity contribution in [3.05, 3.63) is 29.3 Å². The molecule has 0 spiro atoms. The van der Waals surface area contributed by atoms with Crippen LogP contribution in [-0.2, 0) is 0 Å². The Morgan fingerprint density at radius 1 is 1.43 bits per heavy atom. The number of carbonyl (C=O) groups excluding carboxylic acids is 1. The molecular weight excluding hydrogens is 266 g/mol. The predicted octanol–water partition coefficient (Wildman–Crippen LogP) is 2.46. The van der Waals surface area contributed by atoms with Crippen LogP contribution in [0.4, 0.5) is 0 Å². The van der Waals surface area contributed by atoms with Crippen molar-refractivity contribution >= 4 is 5.78 Å². The van der Waals surface area contributed by atoms with Crippen LogP contribution in [0.2, 0.25) is 0 Å². The molecule has 3 rings (SSSR count). The van der Waals surface area contributed by atoms with Gasteiger partial charge in [-0.05, 0) is 64.3 Å². The summed E-state index contributed by atoms with van der Waals surface area (Å²) in [5.74, 6) is 1.50. The second-order valence-electron chi connectivity index (χ2n) is 6.79. The number of aliphatic hydroxyl groups excluding tert-OH is 1. The van der Waals surface area contributed by atoms with Crippen LogP contribution in [0.1, 0.15) is 55.6 Å². The van der Waals surface area contributed by atoms with Gasteiger partial charge < -0.3 is 15.2 Å². The number of aliphatic hydroxyl groups is 1. The number of rotatable bonds is 4. The first-order valence-electron chi connectivity index (χ1n) is 7.64. The minimum absolute atomic E-state index is 0.0260. The first-order chi connectivity index (χ1) is 9.88. The molecule has 1 aromatic carbocycles. The lowest BCUT2D eigenvalue weighted by atomic mass is 9.85. The molecule has 4 nitrogen and oxygen atoms in total. The summed E-state index contributed by atoms with van der Waals surface area (Å²) in [7, 11) is 0. The van der Waals surface area contributed by atoms with Gasteiger partial charge in [-0.15, -0.1) is 0 Å². The zero-order valence-corrected chi connectivity index (χ0v) is 12.8. The highest BCUT2D eigenvalue weighted by atomic mass is 16.5. The van der Waals surface area contributed by atoms with E-state index in [2.05, 4.69) is 5.32 Å². The van der Waals surface area contributed by atoms with Crippen LogP contribution >= 0.6 is 0 Å². The fraction of sp³-hybridized carbons (Fsp3) is 0.588. The minimum Gasteiger partial charge on any atom is -0.485 e. The quantitative estimate of drug-likeness (QED) is 0.836. The van der Waals surface area contributed by atoms with E-state index in [1.54, 1.807) is 13.0 Å². The average Bonchev–Trinajstić information content (AvgIpc) is 3.22. The van der Waals surface area contributed by atoms with E-state index in [4.69, 9.17) is 4.74 Å². The molecule has 2 aliphatic rings. The molecular formula is C17H23NO3. The molecule has 21 heavy (non-hydrogen) atoms. The first-order valence-corrected chi connectivity index (χ1v) is 7.64. The number of benzene rings is 1. The van der Waals surface area contributed by atoms with E-state index >= 15 is 0 Å². The van der Waals surface area contributed by atoms with E-state index in [1.165, 1.54) is 12.8 Å². The van der Waals surface area contributed by atoms with Crippen LogP contribution in [0.5, 0.6) is 5.75 Å². The third kappa shape index (κ3) is 2.83. The van der Waals surface area contributed by atoms with Gasteiger partial charge in [0.1, 0.15) is 17.5 Å². The number of hydrogen-bond donors (Lipinski definition) is 2. The molecule has 1 fully saturated rings. The predicted molar refractivity (Wildman–Crippen MR) is 80.6 cm³/mol. The Hall–Kier alpha value is -1.39. The van der Waals surface area contributed by atoms with Gasteiger partial charge in [0.2, 0.25) is 0 Å². The average molecular weight is 289 g/mol. The normalized spacial score (nSPS) is 26.9. The maximum Gasteiger partial charge on any atom is 0.159 e. The summed E-state index contributed by atoms with van der Waals surface area (Å²) < 4.78 is 5.92. The van der Waals surface area contributed by atoms with E-state index < -0.39 is 11.7 Å². The highest BCUT2D eigenvalue weighted by molar-refractivity contribution is 5.94. The fourth-order valence-electron chi connectivity index (χ4n) is 2.86. The van der Waals surface area contributed by atoms with E-state index in [0.717, 1.165) is 23.8 Å². The standard InChI is InChI=1S/C17H23NO3/c1-10(19)12-6-7-14-13(8-12)15(18-9-11-4-5-11)16(20)17(2,3)21-14/h6-8,11,15-16,18,20H,4-5,9H2,1-3H3. The molecule has 2 unspecified atom stereocenters. The highest BCUT2D eigenvalue weighted by Crippen LogP contribution is 2.41. The van der Waals surface area contributed by atoms with Crippen molar-refractivity contribution < 1.29 is 14.6 Å². The van der Waals surface area contributed by atoms with Gasteiger partial charge in [-0.1, -0.05) is 0 Å². The Kier molecular flexibility index (Phi) is 3.54. The second-order valence-corrected chi connectivity index (χ2v) is 6.79. The molecule has 114 valence electrons. The van der Waals surface area contributed by atoms with Crippen LogP contribution in [0.15, 0.2) is 18.2 Å². The Morgan fingerprint density at radius 3 is 2.76 bits per heavy atom. The summed E-state index contributed by atoms with van der Waals surface area (Å²) in [6.07, 6.45) is 1.87. The molecule has 1 aromatic rings. The van der Waals surface area contributed by atoms with Crippen molar-refractivity contribution in [1.29, 1.82) is 0 Å². The molecule has 0 amide bonds. The van der Waals surface area contributed by atoms with Gasteiger partial charge in [-0.2, -0.15) is 0 Å². The monoisotopic (exact) mass is 289 g/mol. The van der Waals surface area contributed by atoms with Crippen molar-refractivity contribution in [3.63, 3.8) is 0 Å². The fourth-order valence-corrected chi connectivity index (χ4v) is 2.86. The maximum absolute atomic E-state index is 11.6. The molecule has 0 bridgehead atoms. The molecule has 2 N–H and O–H groups in total. The topological polar surface area (TPSA) is 58.6 Å². The van der Waals surface area contributed by atoms with E-state index in [1.807, 2.05) is 26.0 Å². The van der Waals surface area contributed by atoms with Gasteiger partial charge in [-0.25, -0.2) is 0 Å². The smallest absolute Gasteiger partial charge is 0.159 e. The van der Waals surface area contributed by atoms with Gasteiger partial charge in [0.25, 0.3) is 0 Å². The lowest BCUT2D eigenvalue weighted by molar-refractivity contribution is -0.0646. The zero-order chi connectivity index (χ0) is 15.2. The van der Waals surface area contributed by atoms with Crippen molar-refractivity contribution in [1.82, 2.24) is 5.32 Å². The van der Waals surface area contributed by atoms with Gasteiger partial charge >= 0.3 is 0 Å². The molecule has 1 aliphatic heterocycles. The Bertz CT molecular complexity index is 563. The van der Waals surface area contributed by atoms with Crippen molar-refractivity contribution in [2.24, 2.45) is 5.92 Å². The number of ether oxygens (including phenoxy) is 1. The molecule has 1 aliphatic carbocycles. The molecule has 0 aromatic heterocycles. The van der Waals surface area contributed by atoms with Gasteiger partial charge in [0, 0.05) is 11.1 Å². The van der Waals surface area contributed by atoms with Gasteiger partial charge in [0.15, 0.2) is 5.78 Å². The first kappa shape index (κ1) is 14.5. The highest BCUT2D eigenvalue weighted by Gasteiger charge is 2.43. The lowest BCUT2D eigenvalue weighted by Gasteiger charge is -2.42. The molecule has 0 saturated heterocycles. The van der Waals surface area contributed by atoms with Gasteiger partial charge in [-0.3, -0.25) is 4.79 Å². The summed E-state index contributed by atoms with van der Waals surface area (Å²) >= 11 is 0. The van der Waals surface area contributed by atoms with Crippen LogP contribution in [-0.4, -0.2) is 29.1 Å². The number of fused-ring (bicyclic) bond motifs is 1. The zero-order valence-electron chi connectivity index (χ0n) is 12.8. The van der Waals surface area contributed by atoms with E-state index in [0.29, 0.717) is 5.56 Å². The second kappa shape index (κ2) is 5.11. The molecule has 2 atom stereocenters.